The van der Waals surface area contributed by atoms with Crippen molar-refractivity contribution in [3.05, 3.63) is 76.1 Å². The number of carbonyl (C=O) groups is 1. The second-order valence-electron chi connectivity index (χ2n) is 4.37. The summed E-state index contributed by atoms with van der Waals surface area (Å²) in [5, 5.41) is 9.53. The van der Waals surface area contributed by atoms with Gasteiger partial charge in [-0.05, 0) is 53.5 Å². The molecule has 0 fully saturated rings. The Morgan fingerprint density at radius 1 is 1.20 bits per heavy atom. The summed E-state index contributed by atoms with van der Waals surface area (Å²) in [6.45, 7) is 1.63. The minimum Gasteiger partial charge on any atom is -0.478 e. The van der Waals surface area contributed by atoms with Gasteiger partial charge >= 0.3 is 5.97 Å². The summed E-state index contributed by atoms with van der Waals surface area (Å²) >= 11 is 5.93. The number of hydrogen-bond acceptors (Lipinski definition) is 1. The SMILES string of the molecule is Cc1cc(/C(=C/C(=O)O)c2cccc(Cl)c2)ccc1F. The number of carboxylic acid groups (broad SMARTS) is 1. The molecule has 0 saturated heterocycles. The van der Waals surface area contributed by atoms with Crippen molar-refractivity contribution >= 4 is 23.1 Å². The average Bonchev–Trinajstić information content (AvgIpc) is 2.39. The first kappa shape index (κ1) is 14.3. The molecule has 0 atom stereocenters. The van der Waals surface area contributed by atoms with E-state index in [1.54, 1.807) is 43.3 Å². The fraction of sp³-hybridized carbons (Fsp3) is 0.0625. The van der Waals surface area contributed by atoms with E-state index in [2.05, 4.69) is 0 Å². The van der Waals surface area contributed by atoms with E-state index in [0.29, 0.717) is 27.3 Å². The van der Waals surface area contributed by atoms with Gasteiger partial charge in [0.2, 0.25) is 0 Å². The first-order valence-corrected chi connectivity index (χ1v) is 6.32. The van der Waals surface area contributed by atoms with E-state index in [1.807, 2.05) is 0 Å². The lowest BCUT2D eigenvalue weighted by Gasteiger charge is -2.09. The summed E-state index contributed by atoms with van der Waals surface area (Å²) in [5.74, 6) is -1.39. The predicted molar refractivity (Wildman–Crippen MR) is 77.3 cm³/mol. The van der Waals surface area contributed by atoms with Crippen LogP contribution in [0.1, 0.15) is 16.7 Å². The maximum absolute atomic E-state index is 13.3. The molecule has 0 amide bonds. The number of benzene rings is 2. The minimum atomic E-state index is -1.07. The zero-order chi connectivity index (χ0) is 14.7. The number of halogens is 2. The highest BCUT2D eigenvalue weighted by Crippen LogP contribution is 2.26. The van der Waals surface area contributed by atoms with Crippen molar-refractivity contribution in [2.75, 3.05) is 0 Å². The molecule has 0 bridgehead atoms. The molecule has 0 aliphatic rings. The molecule has 4 heteroatoms. The lowest BCUT2D eigenvalue weighted by Crippen LogP contribution is -1.96. The molecule has 0 unspecified atom stereocenters. The van der Waals surface area contributed by atoms with Crippen LogP contribution in [-0.4, -0.2) is 11.1 Å². The molecular formula is C16H12ClFO2. The first-order chi connectivity index (χ1) is 9.47. The van der Waals surface area contributed by atoms with Crippen LogP contribution in [-0.2, 0) is 4.79 Å². The highest BCUT2D eigenvalue weighted by Gasteiger charge is 2.09. The van der Waals surface area contributed by atoms with Gasteiger partial charge in [0.1, 0.15) is 5.82 Å². The molecule has 20 heavy (non-hydrogen) atoms. The highest BCUT2D eigenvalue weighted by atomic mass is 35.5. The minimum absolute atomic E-state index is 0.325. The van der Waals surface area contributed by atoms with Crippen molar-refractivity contribution in [1.82, 2.24) is 0 Å². The van der Waals surface area contributed by atoms with E-state index in [1.165, 1.54) is 6.07 Å². The summed E-state index contributed by atoms with van der Waals surface area (Å²) in [5.41, 5.74) is 2.25. The Labute approximate surface area is 121 Å². The largest absolute Gasteiger partial charge is 0.478 e. The molecule has 2 aromatic rings. The van der Waals surface area contributed by atoms with Crippen LogP contribution in [0.25, 0.3) is 5.57 Å². The molecule has 0 heterocycles. The molecule has 0 aliphatic carbocycles. The van der Waals surface area contributed by atoms with Gasteiger partial charge in [-0.15, -0.1) is 0 Å². The van der Waals surface area contributed by atoms with E-state index in [0.717, 1.165) is 6.08 Å². The van der Waals surface area contributed by atoms with Gasteiger partial charge in [-0.25, -0.2) is 9.18 Å². The van der Waals surface area contributed by atoms with Crippen LogP contribution in [0.5, 0.6) is 0 Å². The monoisotopic (exact) mass is 290 g/mol. The Morgan fingerprint density at radius 3 is 2.50 bits per heavy atom. The molecule has 2 nitrogen and oxygen atoms in total. The van der Waals surface area contributed by atoms with E-state index >= 15 is 0 Å². The highest BCUT2D eigenvalue weighted by molar-refractivity contribution is 6.30. The van der Waals surface area contributed by atoms with Crippen molar-refractivity contribution in [1.29, 1.82) is 0 Å². The molecule has 0 saturated carbocycles. The molecule has 0 spiro atoms. The maximum atomic E-state index is 13.3. The van der Waals surface area contributed by atoms with Crippen LogP contribution >= 0.6 is 11.6 Å². The normalized spacial score (nSPS) is 11.4. The Balaban J connectivity index is 2.59. The second-order valence-corrected chi connectivity index (χ2v) is 4.81. The van der Waals surface area contributed by atoms with Crippen LogP contribution in [0.4, 0.5) is 4.39 Å². The van der Waals surface area contributed by atoms with Crippen molar-refractivity contribution in [2.45, 2.75) is 6.92 Å². The smallest absolute Gasteiger partial charge is 0.328 e. The standard InChI is InChI=1S/C16H12ClFO2/c1-10-7-12(5-6-15(10)18)14(9-16(19)20)11-3-2-4-13(17)8-11/h2-9H,1H3,(H,19,20)/b14-9+. The number of aryl methyl sites for hydroxylation is 1. The van der Waals surface area contributed by atoms with Gasteiger partial charge in [-0.1, -0.05) is 29.8 Å². The molecule has 1 N–H and O–H groups in total. The van der Waals surface area contributed by atoms with E-state index in [4.69, 9.17) is 16.7 Å². The lowest BCUT2D eigenvalue weighted by atomic mass is 9.96. The van der Waals surface area contributed by atoms with Crippen LogP contribution in [0.2, 0.25) is 5.02 Å². The molecule has 0 aromatic heterocycles. The average molecular weight is 291 g/mol. The first-order valence-electron chi connectivity index (χ1n) is 5.94. The lowest BCUT2D eigenvalue weighted by molar-refractivity contribution is -0.131. The summed E-state index contributed by atoms with van der Waals surface area (Å²) in [6, 6.07) is 11.4. The molecule has 2 aromatic carbocycles. The van der Waals surface area contributed by atoms with Crippen molar-refractivity contribution in [2.24, 2.45) is 0 Å². The number of carboxylic acids is 1. The Morgan fingerprint density at radius 2 is 1.90 bits per heavy atom. The van der Waals surface area contributed by atoms with Gasteiger partial charge in [0.05, 0.1) is 0 Å². The quantitative estimate of drug-likeness (QED) is 0.856. The van der Waals surface area contributed by atoms with E-state index in [9.17, 15) is 9.18 Å². The summed E-state index contributed by atoms with van der Waals surface area (Å²) in [6.07, 6.45) is 1.10. The molecule has 102 valence electrons. The van der Waals surface area contributed by atoms with E-state index < -0.39 is 5.97 Å². The molecule has 2 rings (SSSR count). The summed E-state index contributed by atoms with van der Waals surface area (Å²) < 4.78 is 13.3. The molecule has 0 radical (unpaired) electrons. The fourth-order valence-electron chi connectivity index (χ4n) is 1.93. The molecular weight excluding hydrogens is 279 g/mol. The third kappa shape index (κ3) is 3.25. The van der Waals surface area contributed by atoms with Gasteiger partial charge < -0.3 is 5.11 Å². The van der Waals surface area contributed by atoms with E-state index in [-0.39, 0.29) is 5.82 Å². The Hall–Kier alpha value is -2.13. The van der Waals surface area contributed by atoms with Crippen molar-refractivity contribution in [3.8, 4) is 0 Å². The van der Waals surface area contributed by atoms with Crippen LogP contribution in [0, 0.1) is 12.7 Å². The van der Waals surface area contributed by atoms with Crippen LogP contribution < -0.4 is 0 Å². The molecule has 0 aliphatic heterocycles. The summed E-state index contributed by atoms with van der Waals surface area (Å²) in [7, 11) is 0. The van der Waals surface area contributed by atoms with Gasteiger partial charge in [-0.3, -0.25) is 0 Å². The van der Waals surface area contributed by atoms with Gasteiger partial charge in [-0.2, -0.15) is 0 Å². The third-order valence-electron chi connectivity index (χ3n) is 2.87. The third-order valence-corrected chi connectivity index (χ3v) is 3.11. The Kier molecular flexibility index (Phi) is 4.20. The van der Waals surface area contributed by atoms with Crippen molar-refractivity contribution < 1.29 is 14.3 Å². The van der Waals surface area contributed by atoms with Crippen LogP contribution in [0.3, 0.4) is 0 Å². The number of hydrogen-bond donors (Lipinski definition) is 1. The fourth-order valence-corrected chi connectivity index (χ4v) is 2.12. The topological polar surface area (TPSA) is 37.3 Å². The zero-order valence-electron chi connectivity index (χ0n) is 10.7. The van der Waals surface area contributed by atoms with Crippen LogP contribution in [0.15, 0.2) is 48.5 Å². The number of aliphatic carboxylic acids is 1. The van der Waals surface area contributed by atoms with Gasteiger partial charge in [0.15, 0.2) is 0 Å². The maximum Gasteiger partial charge on any atom is 0.328 e. The van der Waals surface area contributed by atoms with Gasteiger partial charge in [0, 0.05) is 11.1 Å². The predicted octanol–water partition coefficient (Wildman–Crippen LogP) is 4.30. The zero-order valence-corrected chi connectivity index (χ0v) is 11.5. The second kappa shape index (κ2) is 5.88. The Bertz CT molecular complexity index is 693. The summed E-state index contributed by atoms with van der Waals surface area (Å²) in [4.78, 5) is 11.0. The van der Waals surface area contributed by atoms with Crippen molar-refractivity contribution in [3.63, 3.8) is 0 Å². The number of rotatable bonds is 3. The van der Waals surface area contributed by atoms with Gasteiger partial charge in [0.25, 0.3) is 0 Å².